The van der Waals surface area contributed by atoms with Crippen LogP contribution in [0.2, 0.25) is 0 Å². The van der Waals surface area contributed by atoms with Gasteiger partial charge >= 0.3 is 0 Å². The number of nitrogens with one attached hydrogen (secondary N) is 1. The Morgan fingerprint density at radius 2 is 2.20 bits per heavy atom. The molecule has 0 aliphatic carbocycles. The van der Waals surface area contributed by atoms with E-state index in [1.807, 2.05) is 18.2 Å². The van der Waals surface area contributed by atoms with Gasteiger partial charge in [-0.1, -0.05) is 31.9 Å². The van der Waals surface area contributed by atoms with Crippen LogP contribution in [0.15, 0.2) is 24.3 Å². The monoisotopic (exact) mass is 208 g/mol. The summed E-state index contributed by atoms with van der Waals surface area (Å²) in [4.78, 5) is 10.2. The largest absolute Gasteiger partial charge is 0.235 e. The van der Waals surface area contributed by atoms with Gasteiger partial charge in [-0.2, -0.15) is 0 Å². The summed E-state index contributed by atoms with van der Waals surface area (Å²) in [5, 5.41) is 9.70. The quantitative estimate of drug-likeness (QED) is 0.444. The lowest BCUT2D eigenvalue weighted by Crippen LogP contribution is -2.07. The van der Waals surface area contributed by atoms with E-state index in [-0.39, 0.29) is 0 Å². The minimum atomic E-state index is -0.537. The highest BCUT2D eigenvalue weighted by Crippen LogP contribution is 2.13. The number of unbranched alkanes of at least 4 members (excludes halogenated alkanes) is 2. The number of hydrogen-bond acceptors (Lipinski definition) is 2. The molecule has 1 aromatic rings. The summed E-state index contributed by atoms with van der Waals surface area (Å²) in [6.07, 6.45) is 4.51. The lowest BCUT2D eigenvalue weighted by molar-refractivity contribution is -0.445. The maximum atomic E-state index is 10.2. The summed E-state index contributed by atoms with van der Waals surface area (Å²) in [5.74, 6) is 0. The number of benzene rings is 1. The molecule has 1 aromatic carbocycles. The summed E-state index contributed by atoms with van der Waals surface area (Å²) >= 11 is 0. The Balaban J connectivity index is 2.53. The van der Waals surface area contributed by atoms with Crippen molar-refractivity contribution in [2.75, 3.05) is 5.43 Å². The Morgan fingerprint density at radius 1 is 1.40 bits per heavy atom. The lowest BCUT2D eigenvalue weighted by atomic mass is 10.1. The van der Waals surface area contributed by atoms with Crippen LogP contribution in [0, 0.1) is 10.1 Å². The van der Waals surface area contributed by atoms with Gasteiger partial charge in [0.2, 0.25) is 0 Å². The second-order valence-corrected chi connectivity index (χ2v) is 3.53. The Labute approximate surface area is 89.4 Å². The number of nitrogens with zero attached hydrogens (tertiary/aromatic N) is 1. The van der Waals surface area contributed by atoms with Gasteiger partial charge in [0.1, 0.15) is 5.69 Å². The third-order valence-corrected chi connectivity index (χ3v) is 2.22. The molecule has 0 saturated carbocycles. The van der Waals surface area contributed by atoms with E-state index >= 15 is 0 Å². The second kappa shape index (κ2) is 6.01. The van der Waals surface area contributed by atoms with Crippen LogP contribution in [0.25, 0.3) is 0 Å². The van der Waals surface area contributed by atoms with Gasteiger partial charge in [-0.3, -0.25) is 0 Å². The number of anilines is 1. The summed E-state index contributed by atoms with van der Waals surface area (Å²) in [6.45, 7) is 2.16. The third kappa shape index (κ3) is 4.44. The summed E-state index contributed by atoms with van der Waals surface area (Å²) in [5.41, 5.74) is 3.86. The summed E-state index contributed by atoms with van der Waals surface area (Å²) in [6, 6.07) is 7.37. The van der Waals surface area contributed by atoms with Gasteiger partial charge in [-0.15, -0.1) is 5.43 Å². The molecule has 1 rings (SSSR count). The summed E-state index contributed by atoms with van der Waals surface area (Å²) < 4.78 is 0. The van der Waals surface area contributed by atoms with Crippen molar-refractivity contribution in [3.05, 3.63) is 39.9 Å². The minimum absolute atomic E-state index is 0.537. The van der Waals surface area contributed by atoms with Crippen molar-refractivity contribution in [3.8, 4) is 0 Å². The molecule has 4 nitrogen and oxygen atoms in total. The van der Waals surface area contributed by atoms with Crippen molar-refractivity contribution in [3.63, 3.8) is 0 Å². The van der Waals surface area contributed by atoms with Gasteiger partial charge < -0.3 is 0 Å². The van der Waals surface area contributed by atoms with Crippen LogP contribution in [0.4, 0.5) is 5.69 Å². The molecular weight excluding hydrogens is 192 g/mol. The normalized spacial score (nSPS) is 9.93. The van der Waals surface area contributed by atoms with Crippen LogP contribution in [0.1, 0.15) is 31.7 Å². The fourth-order valence-electron chi connectivity index (χ4n) is 1.48. The fourth-order valence-corrected chi connectivity index (χ4v) is 1.48. The molecule has 82 valence electrons. The molecule has 0 saturated heterocycles. The minimum Gasteiger partial charge on any atom is -0.235 e. The topological polar surface area (TPSA) is 55.2 Å². The molecule has 0 unspecified atom stereocenters. The van der Waals surface area contributed by atoms with Gasteiger partial charge in [0.15, 0.2) is 5.03 Å². The van der Waals surface area contributed by atoms with E-state index in [1.165, 1.54) is 12.8 Å². The highest BCUT2D eigenvalue weighted by molar-refractivity contribution is 5.43. The van der Waals surface area contributed by atoms with Gasteiger partial charge in [0.25, 0.3) is 0 Å². The van der Waals surface area contributed by atoms with Crippen molar-refractivity contribution >= 4 is 5.69 Å². The molecule has 1 N–H and O–H groups in total. The lowest BCUT2D eigenvalue weighted by Gasteiger charge is -2.02. The molecule has 0 atom stereocenters. The Kier molecular flexibility index (Phi) is 4.60. The fraction of sp³-hybridized carbons (Fsp3) is 0.455. The summed E-state index contributed by atoms with van der Waals surface area (Å²) in [7, 11) is 0. The Hall–Kier alpha value is -1.58. The maximum absolute atomic E-state index is 10.2. The van der Waals surface area contributed by atoms with Crippen molar-refractivity contribution in [2.24, 2.45) is 0 Å². The molecule has 0 fully saturated rings. The first-order chi connectivity index (χ1) is 7.22. The zero-order valence-corrected chi connectivity index (χ0v) is 8.90. The van der Waals surface area contributed by atoms with E-state index < -0.39 is 5.03 Å². The van der Waals surface area contributed by atoms with Crippen molar-refractivity contribution in [2.45, 2.75) is 32.6 Å². The number of rotatable bonds is 6. The van der Waals surface area contributed by atoms with E-state index in [0.717, 1.165) is 18.4 Å². The van der Waals surface area contributed by atoms with Crippen molar-refractivity contribution < 1.29 is 5.03 Å². The highest BCUT2D eigenvalue weighted by Gasteiger charge is 2.00. The average Bonchev–Trinajstić information content (AvgIpc) is 2.18. The number of hydrazine groups is 1. The zero-order valence-electron chi connectivity index (χ0n) is 8.90. The van der Waals surface area contributed by atoms with E-state index in [0.29, 0.717) is 5.69 Å². The predicted molar refractivity (Wildman–Crippen MR) is 60.3 cm³/mol. The zero-order chi connectivity index (χ0) is 11.1. The van der Waals surface area contributed by atoms with Crippen LogP contribution in [0.3, 0.4) is 0 Å². The van der Waals surface area contributed by atoms with E-state index in [9.17, 15) is 10.1 Å². The molecular formula is C11H16N2O2. The van der Waals surface area contributed by atoms with E-state index in [4.69, 9.17) is 0 Å². The first-order valence-electron chi connectivity index (χ1n) is 5.22. The van der Waals surface area contributed by atoms with Crippen molar-refractivity contribution in [1.29, 1.82) is 0 Å². The van der Waals surface area contributed by atoms with Gasteiger partial charge in [-0.05, 0) is 30.5 Å². The number of hydrogen-bond donors (Lipinski definition) is 1. The SMILES string of the molecule is CCCCCc1cccc(N[N+](=O)[O-])c1. The standard InChI is InChI=1S/C11H16N2O2/c1-2-3-4-6-10-7-5-8-11(9-10)12-13(14)15/h5,7-9,12H,2-4,6H2,1H3. The second-order valence-electron chi connectivity index (χ2n) is 3.53. The van der Waals surface area contributed by atoms with Crippen LogP contribution in [-0.4, -0.2) is 5.03 Å². The molecule has 15 heavy (non-hydrogen) atoms. The first kappa shape index (κ1) is 11.5. The smallest absolute Gasteiger partial charge is 0.162 e. The molecule has 0 spiro atoms. The van der Waals surface area contributed by atoms with Gasteiger partial charge in [-0.25, -0.2) is 10.1 Å². The molecule has 0 aliphatic rings. The molecule has 4 heteroatoms. The van der Waals surface area contributed by atoms with E-state index in [2.05, 4.69) is 12.3 Å². The third-order valence-electron chi connectivity index (χ3n) is 2.22. The molecule has 0 aliphatic heterocycles. The molecule has 0 bridgehead atoms. The van der Waals surface area contributed by atoms with Crippen LogP contribution < -0.4 is 5.43 Å². The van der Waals surface area contributed by atoms with Crippen LogP contribution in [-0.2, 0) is 6.42 Å². The van der Waals surface area contributed by atoms with Gasteiger partial charge in [0.05, 0.1) is 0 Å². The first-order valence-corrected chi connectivity index (χ1v) is 5.22. The molecule has 0 amide bonds. The van der Waals surface area contributed by atoms with Crippen molar-refractivity contribution in [1.82, 2.24) is 0 Å². The molecule has 0 heterocycles. The van der Waals surface area contributed by atoms with Crippen LogP contribution >= 0.6 is 0 Å². The molecule has 0 aromatic heterocycles. The molecule has 0 radical (unpaired) electrons. The Bertz CT molecular complexity index is 326. The van der Waals surface area contributed by atoms with E-state index in [1.54, 1.807) is 6.07 Å². The van der Waals surface area contributed by atoms with Crippen LogP contribution in [0.5, 0.6) is 0 Å². The Morgan fingerprint density at radius 3 is 2.87 bits per heavy atom. The average molecular weight is 208 g/mol. The van der Waals surface area contributed by atoms with Gasteiger partial charge in [0, 0.05) is 0 Å². The predicted octanol–water partition coefficient (Wildman–Crippen LogP) is 3.02. The number of nitro groups is 1. The maximum Gasteiger partial charge on any atom is 0.162 e. The number of aryl methyl sites for hydroxylation is 1. The highest BCUT2D eigenvalue weighted by atomic mass is 16.7.